The van der Waals surface area contributed by atoms with Crippen molar-refractivity contribution in [1.82, 2.24) is 5.32 Å². The lowest BCUT2D eigenvalue weighted by atomic mass is 9.97. The van der Waals surface area contributed by atoms with Gasteiger partial charge in [-0.1, -0.05) is 27.7 Å². The Hall–Kier alpha value is -0.0800. The van der Waals surface area contributed by atoms with Crippen LogP contribution in [0.4, 0.5) is 0 Å². The van der Waals surface area contributed by atoms with Crippen LogP contribution in [-0.4, -0.2) is 23.8 Å². The predicted octanol–water partition coefficient (Wildman–Crippen LogP) is 3.20. The van der Waals surface area contributed by atoms with Gasteiger partial charge in [-0.2, -0.15) is 0 Å². The summed E-state index contributed by atoms with van der Waals surface area (Å²) in [6.07, 6.45) is 4.78. The summed E-state index contributed by atoms with van der Waals surface area (Å²) in [6.45, 7) is 11.7. The van der Waals surface area contributed by atoms with Gasteiger partial charge in [0.2, 0.25) is 0 Å². The fraction of sp³-hybridized carbons (Fsp3) is 1.00. The van der Waals surface area contributed by atoms with E-state index in [0.29, 0.717) is 6.04 Å². The minimum Gasteiger partial charge on any atom is -0.392 e. The van der Waals surface area contributed by atoms with E-state index in [1.54, 1.807) is 0 Å². The van der Waals surface area contributed by atoms with Gasteiger partial charge < -0.3 is 10.4 Å². The van der Waals surface area contributed by atoms with E-state index >= 15 is 0 Å². The van der Waals surface area contributed by atoms with Gasteiger partial charge in [0, 0.05) is 12.6 Å². The van der Waals surface area contributed by atoms with Crippen molar-refractivity contribution in [2.45, 2.75) is 72.4 Å². The number of rotatable bonds is 9. The molecule has 2 N–H and O–H groups in total. The van der Waals surface area contributed by atoms with E-state index in [0.717, 1.165) is 18.4 Å². The van der Waals surface area contributed by atoms with Crippen molar-refractivity contribution < 1.29 is 5.11 Å². The molecule has 1 atom stereocenters. The van der Waals surface area contributed by atoms with Gasteiger partial charge in [-0.05, 0) is 44.4 Å². The molecule has 0 aliphatic rings. The van der Waals surface area contributed by atoms with Crippen LogP contribution in [0.5, 0.6) is 0 Å². The van der Waals surface area contributed by atoms with Crippen molar-refractivity contribution in [3.05, 3.63) is 0 Å². The molecule has 0 aromatic rings. The molecular formula is C14H31NO. The minimum atomic E-state index is -0.236. The smallest absolute Gasteiger partial charge is 0.0636 e. The largest absolute Gasteiger partial charge is 0.392 e. The third-order valence-corrected chi connectivity index (χ3v) is 2.89. The van der Waals surface area contributed by atoms with Crippen LogP contribution < -0.4 is 5.32 Å². The SMILES string of the molecule is CC(C)CCC(CCC(C)C)NC[C@H](C)O. The van der Waals surface area contributed by atoms with Crippen LogP contribution in [0.1, 0.15) is 60.3 Å². The first-order chi connectivity index (χ1) is 7.41. The first-order valence-corrected chi connectivity index (χ1v) is 6.83. The fourth-order valence-corrected chi connectivity index (χ4v) is 1.75. The zero-order valence-electron chi connectivity index (χ0n) is 11.8. The minimum absolute atomic E-state index is 0.236. The first kappa shape index (κ1) is 15.9. The molecule has 0 heterocycles. The Bertz CT molecular complexity index is 126. The van der Waals surface area contributed by atoms with Crippen molar-refractivity contribution in [1.29, 1.82) is 0 Å². The molecule has 0 radical (unpaired) electrons. The molecule has 0 saturated carbocycles. The number of aliphatic hydroxyl groups is 1. The Morgan fingerprint density at radius 2 is 1.25 bits per heavy atom. The van der Waals surface area contributed by atoms with Crippen molar-refractivity contribution in [2.75, 3.05) is 6.54 Å². The van der Waals surface area contributed by atoms with Gasteiger partial charge in [0.05, 0.1) is 6.10 Å². The molecule has 0 aliphatic carbocycles. The maximum absolute atomic E-state index is 9.29. The average Bonchev–Trinajstić information content (AvgIpc) is 2.15. The predicted molar refractivity (Wildman–Crippen MR) is 71.6 cm³/mol. The third kappa shape index (κ3) is 10.4. The molecule has 0 aliphatic heterocycles. The summed E-state index contributed by atoms with van der Waals surface area (Å²) in [7, 11) is 0. The Labute approximate surface area is 102 Å². The van der Waals surface area contributed by atoms with E-state index in [2.05, 4.69) is 33.0 Å². The normalized spacial score (nSPS) is 14.1. The van der Waals surface area contributed by atoms with E-state index in [4.69, 9.17) is 0 Å². The molecule has 0 bridgehead atoms. The molecule has 2 nitrogen and oxygen atoms in total. The molecule has 0 spiro atoms. The van der Waals surface area contributed by atoms with Crippen LogP contribution in [0, 0.1) is 11.8 Å². The molecule has 0 fully saturated rings. The Morgan fingerprint density at radius 3 is 1.56 bits per heavy atom. The molecule has 0 amide bonds. The first-order valence-electron chi connectivity index (χ1n) is 6.83. The summed E-state index contributed by atoms with van der Waals surface area (Å²) < 4.78 is 0. The summed E-state index contributed by atoms with van der Waals surface area (Å²) in [5.74, 6) is 1.55. The lowest BCUT2D eigenvalue weighted by molar-refractivity contribution is 0.182. The number of hydrogen-bond acceptors (Lipinski definition) is 2. The van der Waals surface area contributed by atoms with E-state index < -0.39 is 0 Å². The van der Waals surface area contributed by atoms with Crippen LogP contribution in [0.2, 0.25) is 0 Å². The number of hydrogen-bond donors (Lipinski definition) is 2. The fourth-order valence-electron chi connectivity index (χ4n) is 1.75. The van der Waals surface area contributed by atoms with E-state index in [1.807, 2.05) is 6.92 Å². The van der Waals surface area contributed by atoms with Gasteiger partial charge in [0.1, 0.15) is 0 Å². The third-order valence-electron chi connectivity index (χ3n) is 2.89. The molecule has 0 aromatic heterocycles. The lowest BCUT2D eigenvalue weighted by Crippen LogP contribution is -2.35. The molecule has 0 aromatic carbocycles. The van der Waals surface area contributed by atoms with Gasteiger partial charge in [0.25, 0.3) is 0 Å². The van der Waals surface area contributed by atoms with Crippen LogP contribution in [0.25, 0.3) is 0 Å². The zero-order valence-corrected chi connectivity index (χ0v) is 11.8. The zero-order chi connectivity index (χ0) is 12.6. The van der Waals surface area contributed by atoms with Crippen molar-refractivity contribution in [3.63, 3.8) is 0 Å². The Kier molecular flexibility index (Phi) is 8.96. The molecule has 2 heteroatoms. The summed E-state index contributed by atoms with van der Waals surface area (Å²) >= 11 is 0. The van der Waals surface area contributed by atoms with Gasteiger partial charge in [-0.3, -0.25) is 0 Å². The van der Waals surface area contributed by atoms with E-state index in [-0.39, 0.29) is 6.10 Å². The van der Waals surface area contributed by atoms with Crippen LogP contribution in [-0.2, 0) is 0 Å². The van der Waals surface area contributed by atoms with Crippen LogP contribution in [0.15, 0.2) is 0 Å². The average molecular weight is 229 g/mol. The highest BCUT2D eigenvalue weighted by Crippen LogP contribution is 2.14. The Balaban J connectivity index is 3.85. The summed E-state index contributed by atoms with van der Waals surface area (Å²) in [4.78, 5) is 0. The van der Waals surface area contributed by atoms with E-state index in [1.165, 1.54) is 25.7 Å². The van der Waals surface area contributed by atoms with Gasteiger partial charge in [-0.25, -0.2) is 0 Å². The number of aliphatic hydroxyl groups excluding tert-OH is 1. The summed E-state index contributed by atoms with van der Waals surface area (Å²) in [5.41, 5.74) is 0. The molecule has 16 heavy (non-hydrogen) atoms. The second-order valence-electron chi connectivity index (χ2n) is 5.90. The lowest BCUT2D eigenvalue weighted by Gasteiger charge is -2.21. The van der Waals surface area contributed by atoms with Crippen LogP contribution >= 0.6 is 0 Å². The highest BCUT2D eigenvalue weighted by Gasteiger charge is 2.10. The highest BCUT2D eigenvalue weighted by atomic mass is 16.3. The monoisotopic (exact) mass is 229 g/mol. The second-order valence-corrected chi connectivity index (χ2v) is 5.90. The van der Waals surface area contributed by atoms with Crippen molar-refractivity contribution >= 4 is 0 Å². The maximum Gasteiger partial charge on any atom is 0.0636 e. The van der Waals surface area contributed by atoms with Crippen LogP contribution in [0.3, 0.4) is 0 Å². The highest BCUT2D eigenvalue weighted by molar-refractivity contribution is 4.70. The molecular weight excluding hydrogens is 198 g/mol. The molecule has 98 valence electrons. The topological polar surface area (TPSA) is 32.3 Å². The van der Waals surface area contributed by atoms with Gasteiger partial charge in [-0.15, -0.1) is 0 Å². The molecule has 0 unspecified atom stereocenters. The molecule has 0 rings (SSSR count). The van der Waals surface area contributed by atoms with Gasteiger partial charge >= 0.3 is 0 Å². The van der Waals surface area contributed by atoms with E-state index in [9.17, 15) is 5.11 Å². The van der Waals surface area contributed by atoms with Gasteiger partial charge in [0.15, 0.2) is 0 Å². The molecule has 0 saturated heterocycles. The second kappa shape index (κ2) is 9.00. The number of nitrogens with one attached hydrogen (secondary N) is 1. The maximum atomic E-state index is 9.29. The van der Waals surface area contributed by atoms with Crippen molar-refractivity contribution in [2.24, 2.45) is 11.8 Å². The Morgan fingerprint density at radius 1 is 0.812 bits per heavy atom. The quantitative estimate of drug-likeness (QED) is 0.636. The standard InChI is InChI=1S/C14H31NO/c1-11(2)6-8-14(9-7-12(3)4)15-10-13(5)16/h11-16H,6-10H2,1-5H3/t13-/m0/s1. The van der Waals surface area contributed by atoms with Crippen molar-refractivity contribution in [3.8, 4) is 0 Å². The summed E-state index contributed by atoms with van der Waals surface area (Å²) in [6, 6.07) is 0.583. The summed E-state index contributed by atoms with van der Waals surface area (Å²) in [5, 5.41) is 12.8.